The van der Waals surface area contributed by atoms with Crippen LogP contribution in [0.15, 0.2) is 12.2 Å². The molecule has 4 fully saturated rings. The molecule has 0 aliphatic heterocycles. The van der Waals surface area contributed by atoms with Gasteiger partial charge in [-0.05, 0) is 80.6 Å². The molecule has 148 valence electrons. The molecule has 0 aromatic rings. The fourth-order valence-electron chi connectivity index (χ4n) is 7.73. The van der Waals surface area contributed by atoms with E-state index in [1.165, 1.54) is 6.92 Å². The fraction of sp³-hybridized carbons (Fsp3) is 0.783. The lowest BCUT2D eigenvalue weighted by molar-refractivity contribution is -0.182. The summed E-state index contributed by atoms with van der Waals surface area (Å²) in [4.78, 5) is 36.7. The summed E-state index contributed by atoms with van der Waals surface area (Å²) in [5.41, 5.74) is -0.729. The minimum Gasteiger partial charge on any atom is -0.446 e. The largest absolute Gasteiger partial charge is 0.446 e. The number of Topliss-reactive ketones (excluding diaryl/α,β-unsaturated/α-hetero) is 2. The number of carbonyl (C=O) groups is 3. The Morgan fingerprint density at radius 2 is 1.78 bits per heavy atom. The molecule has 4 nitrogen and oxygen atoms in total. The highest BCUT2D eigenvalue weighted by Crippen LogP contribution is 2.67. The third-order valence-corrected chi connectivity index (χ3v) is 8.72. The molecule has 4 rings (SSSR count). The van der Waals surface area contributed by atoms with E-state index in [1.807, 2.05) is 0 Å². The number of ketones is 2. The van der Waals surface area contributed by atoms with Gasteiger partial charge in [-0.2, -0.15) is 0 Å². The van der Waals surface area contributed by atoms with Crippen LogP contribution in [0.4, 0.5) is 0 Å². The molecule has 0 aromatic heterocycles. The van der Waals surface area contributed by atoms with Crippen LogP contribution in [0.1, 0.15) is 72.1 Å². The molecule has 0 N–H and O–H groups in total. The number of esters is 1. The maximum absolute atomic E-state index is 12.8. The average Bonchev–Trinajstić information content (AvgIpc) is 2.82. The van der Waals surface area contributed by atoms with Crippen molar-refractivity contribution in [3.63, 3.8) is 0 Å². The third kappa shape index (κ3) is 2.51. The van der Waals surface area contributed by atoms with Crippen LogP contribution in [0, 0.1) is 35.0 Å². The second-order valence-corrected chi connectivity index (χ2v) is 9.81. The lowest BCUT2D eigenvalue weighted by atomic mass is 9.49. The standard InChI is InChI=1S/C23H32O4/c1-13-11-21-20-7-5-16-12-17(26)6-8-18(16)19(20)9-10-22(21,4)23(13,14(2)24)27-15(3)25/h16,18-21H,1,5-12H2,2-4H3/t16-,18-,19+,20+,21-,22-,23-/m0/s1. The summed E-state index contributed by atoms with van der Waals surface area (Å²) in [7, 11) is 0. The highest BCUT2D eigenvalue weighted by atomic mass is 16.6. The van der Waals surface area contributed by atoms with Crippen molar-refractivity contribution in [1.29, 1.82) is 0 Å². The van der Waals surface area contributed by atoms with Crippen molar-refractivity contribution in [3.05, 3.63) is 12.2 Å². The Bertz CT molecular complexity index is 709. The number of fused-ring (bicyclic) bond motifs is 5. The van der Waals surface area contributed by atoms with Crippen LogP contribution in [-0.2, 0) is 19.1 Å². The highest BCUT2D eigenvalue weighted by molar-refractivity contribution is 5.92. The molecule has 27 heavy (non-hydrogen) atoms. The topological polar surface area (TPSA) is 60.4 Å². The Kier molecular flexibility index (Phi) is 4.40. The number of carbonyl (C=O) groups excluding carboxylic acids is 3. The van der Waals surface area contributed by atoms with E-state index in [2.05, 4.69) is 13.5 Å². The summed E-state index contributed by atoms with van der Waals surface area (Å²) in [5, 5.41) is 0. The lowest BCUT2D eigenvalue weighted by Gasteiger charge is -2.56. The quantitative estimate of drug-likeness (QED) is 0.537. The lowest BCUT2D eigenvalue weighted by Crippen LogP contribution is -2.58. The Morgan fingerprint density at radius 1 is 1.04 bits per heavy atom. The van der Waals surface area contributed by atoms with Crippen LogP contribution in [0.25, 0.3) is 0 Å². The maximum Gasteiger partial charge on any atom is 0.303 e. The first-order chi connectivity index (χ1) is 12.7. The molecule has 7 atom stereocenters. The van der Waals surface area contributed by atoms with Gasteiger partial charge in [0.25, 0.3) is 0 Å². The molecule has 0 amide bonds. The maximum atomic E-state index is 12.8. The van der Waals surface area contributed by atoms with E-state index in [-0.39, 0.29) is 11.2 Å². The van der Waals surface area contributed by atoms with Crippen molar-refractivity contribution in [3.8, 4) is 0 Å². The van der Waals surface area contributed by atoms with Crippen LogP contribution < -0.4 is 0 Å². The first-order valence-corrected chi connectivity index (χ1v) is 10.6. The predicted molar refractivity (Wildman–Crippen MR) is 102 cm³/mol. The van der Waals surface area contributed by atoms with Crippen LogP contribution >= 0.6 is 0 Å². The number of ether oxygens (including phenoxy) is 1. The van der Waals surface area contributed by atoms with Crippen LogP contribution in [-0.4, -0.2) is 23.1 Å². The first-order valence-electron chi connectivity index (χ1n) is 10.6. The predicted octanol–water partition coefficient (Wildman–Crippen LogP) is 4.27. The van der Waals surface area contributed by atoms with Crippen molar-refractivity contribution >= 4 is 17.5 Å². The van der Waals surface area contributed by atoms with Crippen molar-refractivity contribution in [2.45, 2.75) is 77.7 Å². The number of hydrogen-bond acceptors (Lipinski definition) is 4. The van der Waals surface area contributed by atoms with Crippen molar-refractivity contribution in [2.75, 3.05) is 0 Å². The van der Waals surface area contributed by atoms with E-state index in [9.17, 15) is 14.4 Å². The van der Waals surface area contributed by atoms with Gasteiger partial charge < -0.3 is 4.74 Å². The molecule has 0 radical (unpaired) electrons. The fourth-order valence-corrected chi connectivity index (χ4v) is 7.73. The van der Waals surface area contributed by atoms with Gasteiger partial charge >= 0.3 is 5.97 Å². The van der Waals surface area contributed by atoms with Gasteiger partial charge in [0.2, 0.25) is 0 Å². The van der Waals surface area contributed by atoms with Gasteiger partial charge in [-0.1, -0.05) is 13.5 Å². The van der Waals surface area contributed by atoms with Gasteiger partial charge in [-0.15, -0.1) is 0 Å². The van der Waals surface area contributed by atoms with E-state index in [1.54, 1.807) is 6.92 Å². The van der Waals surface area contributed by atoms with Crippen LogP contribution in [0.3, 0.4) is 0 Å². The Balaban J connectivity index is 1.68. The molecule has 0 bridgehead atoms. The summed E-state index contributed by atoms with van der Waals surface area (Å²) >= 11 is 0. The van der Waals surface area contributed by atoms with E-state index in [0.29, 0.717) is 35.4 Å². The van der Waals surface area contributed by atoms with Gasteiger partial charge in [0.05, 0.1) is 0 Å². The average molecular weight is 373 g/mol. The monoisotopic (exact) mass is 372 g/mol. The summed E-state index contributed by atoms with van der Waals surface area (Å²) in [5.74, 6) is 2.70. The minimum absolute atomic E-state index is 0.0805. The number of hydrogen-bond donors (Lipinski definition) is 0. The van der Waals surface area contributed by atoms with E-state index < -0.39 is 11.6 Å². The number of rotatable bonds is 2. The van der Waals surface area contributed by atoms with E-state index >= 15 is 0 Å². The molecule has 0 aromatic carbocycles. The zero-order chi connectivity index (χ0) is 19.6. The van der Waals surface area contributed by atoms with E-state index in [4.69, 9.17) is 4.74 Å². The second kappa shape index (κ2) is 6.28. The van der Waals surface area contributed by atoms with Crippen LogP contribution in [0.5, 0.6) is 0 Å². The van der Waals surface area contributed by atoms with Gasteiger partial charge in [-0.25, -0.2) is 0 Å². The molecule has 0 spiro atoms. The zero-order valence-corrected chi connectivity index (χ0v) is 16.9. The molecule has 4 heteroatoms. The molecule has 4 aliphatic carbocycles. The first kappa shape index (κ1) is 18.9. The molecular weight excluding hydrogens is 340 g/mol. The molecule has 0 heterocycles. The van der Waals surface area contributed by atoms with Gasteiger partial charge in [0.1, 0.15) is 5.78 Å². The smallest absolute Gasteiger partial charge is 0.303 e. The molecule has 0 unspecified atom stereocenters. The van der Waals surface area contributed by atoms with Crippen molar-refractivity contribution in [2.24, 2.45) is 35.0 Å². The third-order valence-electron chi connectivity index (χ3n) is 8.72. The zero-order valence-electron chi connectivity index (χ0n) is 16.9. The summed E-state index contributed by atoms with van der Waals surface area (Å²) in [6.07, 6.45) is 7.53. The normalized spacial score (nSPS) is 46.3. The molecule has 4 saturated carbocycles. The van der Waals surface area contributed by atoms with Gasteiger partial charge in [0, 0.05) is 25.2 Å². The van der Waals surface area contributed by atoms with E-state index in [0.717, 1.165) is 56.9 Å². The molecule has 4 aliphatic rings. The minimum atomic E-state index is -1.16. The van der Waals surface area contributed by atoms with Gasteiger partial charge in [0.15, 0.2) is 11.4 Å². The summed E-state index contributed by atoms with van der Waals surface area (Å²) < 4.78 is 5.81. The van der Waals surface area contributed by atoms with Crippen molar-refractivity contribution < 1.29 is 19.1 Å². The van der Waals surface area contributed by atoms with Gasteiger partial charge in [-0.3, -0.25) is 14.4 Å². The molecular formula is C23H32O4. The highest BCUT2D eigenvalue weighted by Gasteiger charge is 2.68. The Hall–Kier alpha value is -1.45. The molecule has 0 saturated heterocycles. The Morgan fingerprint density at radius 3 is 2.44 bits per heavy atom. The summed E-state index contributed by atoms with van der Waals surface area (Å²) in [6.45, 7) is 9.34. The summed E-state index contributed by atoms with van der Waals surface area (Å²) in [6, 6.07) is 0. The van der Waals surface area contributed by atoms with Crippen molar-refractivity contribution in [1.82, 2.24) is 0 Å². The van der Waals surface area contributed by atoms with Crippen LogP contribution in [0.2, 0.25) is 0 Å². The SMILES string of the molecule is C=C1C[C@H]2[C@@H]3CC[C@H]4CC(=O)CC[C@@H]4[C@H]3CC[C@]2(C)[C@@]1(OC(C)=O)C(C)=O. The Labute approximate surface area is 162 Å². The second-order valence-electron chi connectivity index (χ2n) is 9.81.